The molecule has 0 aliphatic heterocycles. The lowest BCUT2D eigenvalue weighted by Gasteiger charge is -2.12. The van der Waals surface area contributed by atoms with E-state index in [1.54, 1.807) is 7.11 Å². The summed E-state index contributed by atoms with van der Waals surface area (Å²) in [4.78, 5) is 11.2. The second kappa shape index (κ2) is 7.76. The zero-order chi connectivity index (χ0) is 11.0. The van der Waals surface area contributed by atoms with Gasteiger partial charge in [0.2, 0.25) is 5.91 Å². The minimum absolute atomic E-state index is 0.0679. The average Bonchev–Trinajstić information content (AvgIpc) is 2.12. The molecule has 0 rings (SSSR count). The summed E-state index contributed by atoms with van der Waals surface area (Å²) in [6, 6.07) is 0. The fraction of sp³-hybridized carbons (Fsp3) is 0.900. The molecule has 1 N–H and O–H groups in total. The predicted molar refractivity (Wildman–Crippen MR) is 55.1 cm³/mol. The Labute approximate surface area is 86.0 Å². The molecule has 1 atom stereocenters. The fourth-order valence-corrected chi connectivity index (χ4v) is 0.925. The number of methoxy groups -OCH3 is 1. The van der Waals surface area contributed by atoms with Crippen molar-refractivity contribution in [2.24, 2.45) is 5.92 Å². The van der Waals surface area contributed by atoms with Gasteiger partial charge in [0.25, 0.3) is 0 Å². The molecule has 0 heterocycles. The number of carbonyl (C=O) groups is 1. The van der Waals surface area contributed by atoms with E-state index in [1.165, 1.54) is 0 Å². The van der Waals surface area contributed by atoms with Crippen molar-refractivity contribution in [1.29, 1.82) is 0 Å². The van der Waals surface area contributed by atoms with Gasteiger partial charge in [-0.05, 0) is 19.8 Å². The summed E-state index contributed by atoms with van der Waals surface area (Å²) in [6.45, 7) is 7.26. The van der Waals surface area contributed by atoms with E-state index in [0.29, 0.717) is 19.1 Å². The van der Waals surface area contributed by atoms with Gasteiger partial charge in [0.15, 0.2) is 0 Å². The Kier molecular flexibility index (Phi) is 7.42. The zero-order valence-electron chi connectivity index (χ0n) is 9.50. The van der Waals surface area contributed by atoms with Gasteiger partial charge < -0.3 is 14.8 Å². The van der Waals surface area contributed by atoms with Gasteiger partial charge in [-0.2, -0.15) is 0 Å². The second-order valence-corrected chi connectivity index (χ2v) is 3.72. The van der Waals surface area contributed by atoms with E-state index in [1.807, 2.05) is 20.8 Å². The lowest BCUT2D eigenvalue weighted by Crippen LogP contribution is -2.33. The van der Waals surface area contributed by atoms with Gasteiger partial charge in [0.1, 0.15) is 6.61 Å². The molecule has 0 radical (unpaired) electrons. The van der Waals surface area contributed by atoms with Crippen molar-refractivity contribution in [3.63, 3.8) is 0 Å². The largest absolute Gasteiger partial charge is 0.384 e. The first-order valence-electron chi connectivity index (χ1n) is 4.93. The Hall–Kier alpha value is -0.610. The Morgan fingerprint density at radius 1 is 1.36 bits per heavy atom. The Morgan fingerprint density at radius 2 is 2.00 bits per heavy atom. The van der Waals surface area contributed by atoms with Gasteiger partial charge >= 0.3 is 0 Å². The molecule has 0 aromatic carbocycles. The maximum Gasteiger partial charge on any atom is 0.246 e. The van der Waals surface area contributed by atoms with Crippen LogP contribution in [-0.2, 0) is 14.3 Å². The molecular weight excluding hydrogens is 182 g/mol. The summed E-state index contributed by atoms with van der Waals surface area (Å²) in [7, 11) is 1.65. The van der Waals surface area contributed by atoms with Crippen molar-refractivity contribution in [2.75, 3.05) is 26.9 Å². The third-order valence-electron chi connectivity index (χ3n) is 1.65. The molecule has 4 nitrogen and oxygen atoms in total. The van der Waals surface area contributed by atoms with Crippen LogP contribution in [0.4, 0.5) is 0 Å². The van der Waals surface area contributed by atoms with Gasteiger partial charge in [0, 0.05) is 13.7 Å². The van der Waals surface area contributed by atoms with E-state index >= 15 is 0 Å². The van der Waals surface area contributed by atoms with Crippen molar-refractivity contribution >= 4 is 5.91 Å². The summed E-state index contributed by atoms with van der Waals surface area (Å²) in [5.41, 5.74) is 0. The maximum atomic E-state index is 11.2. The van der Waals surface area contributed by atoms with E-state index in [-0.39, 0.29) is 18.6 Å². The van der Waals surface area contributed by atoms with Crippen molar-refractivity contribution < 1.29 is 14.3 Å². The normalized spacial score (nSPS) is 12.9. The number of ether oxygens (including phenoxy) is 2. The van der Waals surface area contributed by atoms with Crippen LogP contribution >= 0.6 is 0 Å². The third kappa shape index (κ3) is 8.01. The number of amides is 1. The molecule has 1 unspecified atom stereocenters. The van der Waals surface area contributed by atoms with Crippen LogP contribution in [0, 0.1) is 5.92 Å². The van der Waals surface area contributed by atoms with Crippen LogP contribution in [0.15, 0.2) is 0 Å². The molecule has 0 aromatic heterocycles. The van der Waals surface area contributed by atoms with Crippen LogP contribution < -0.4 is 5.32 Å². The summed E-state index contributed by atoms with van der Waals surface area (Å²) in [5, 5.41) is 2.78. The van der Waals surface area contributed by atoms with Crippen LogP contribution in [0.1, 0.15) is 20.8 Å². The quantitative estimate of drug-likeness (QED) is 0.666. The molecule has 0 aliphatic rings. The monoisotopic (exact) mass is 203 g/mol. The molecular formula is C10H21NO3. The van der Waals surface area contributed by atoms with Crippen LogP contribution in [0.5, 0.6) is 0 Å². The standard InChI is InChI=1S/C10H21NO3/c1-8(2)14-7-10(12)11-5-9(3)6-13-4/h8-9H,5-7H2,1-4H3,(H,11,12). The highest BCUT2D eigenvalue weighted by atomic mass is 16.5. The van der Waals surface area contributed by atoms with Crippen molar-refractivity contribution in [3.05, 3.63) is 0 Å². The van der Waals surface area contributed by atoms with E-state index in [9.17, 15) is 4.79 Å². The maximum absolute atomic E-state index is 11.2. The topological polar surface area (TPSA) is 47.6 Å². The van der Waals surface area contributed by atoms with Crippen LogP contribution in [0.2, 0.25) is 0 Å². The Bertz CT molecular complexity index is 159. The van der Waals surface area contributed by atoms with Crippen LogP contribution in [0.25, 0.3) is 0 Å². The highest BCUT2D eigenvalue weighted by Gasteiger charge is 2.05. The fourth-order valence-electron chi connectivity index (χ4n) is 0.925. The van der Waals surface area contributed by atoms with Crippen molar-refractivity contribution in [3.8, 4) is 0 Å². The molecule has 0 aliphatic carbocycles. The molecule has 1 amide bonds. The number of hydrogen-bond acceptors (Lipinski definition) is 3. The van der Waals surface area contributed by atoms with E-state index in [0.717, 1.165) is 0 Å². The summed E-state index contributed by atoms with van der Waals surface area (Å²) in [5.74, 6) is 0.268. The Balaban J connectivity index is 3.43. The third-order valence-corrected chi connectivity index (χ3v) is 1.65. The first-order chi connectivity index (χ1) is 6.56. The second-order valence-electron chi connectivity index (χ2n) is 3.72. The highest BCUT2D eigenvalue weighted by Crippen LogP contribution is 1.92. The first kappa shape index (κ1) is 13.4. The lowest BCUT2D eigenvalue weighted by atomic mass is 10.2. The minimum Gasteiger partial charge on any atom is -0.384 e. The van der Waals surface area contributed by atoms with Crippen molar-refractivity contribution in [2.45, 2.75) is 26.9 Å². The van der Waals surface area contributed by atoms with Crippen LogP contribution in [-0.4, -0.2) is 38.9 Å². The zero-order valence-corrected chi connectivity index (χ0v) is 9.50. The van der Waals surface area contributed by atoms with Crippen LogP contribution in [0.3, 0.4) is 0 Å². The van der Waals surface area contributed by atoms with Crippen molar-refractivity contribution in [1.82, 2.24) is 5.32 Å². The summed E-state index contributed by atoms with van der Waals surface area (Å²) < 4.78 is 10.1. The average molecular weight is 203 g/mol. The molecule has 0 aromatic rings. The van der Waals surface area contributed by atoms with E-state index < -0.39 is 0 Å². The molecule has 84 valence electrons. The number of hydrogen-bond donors (Lipinski definition) is 1. The minimum atomic E-state index is -0.0679. The summed E-state index contributed by atoms with van der Waals surface area (Å²) >= 11 is 0. The molecule has 0 bridgehead atoms. The van der Waals surface area contributed by atoms with Gasteiger partial charge in [-0.25, -0.2) is 0 Å². The lowest BCUT2D eigenvalue weighted by molar-refractivity contribution is -0.127. The Morgan fingerprint density at radius 3 is 2.50 bits per heavy atom. The van der Waals surface area contributed by atoms with Gasteiger partial charge in [-0.1, -0.05) is 6.92 Å². The van der Waals surface area contributed by atoms with E-state index in [4.69, 9.17) is 9.47 Å². The predicted octanol–water partition coefficient (Wildman–Crippen LogP) is 0.810. The molecule has 0 saturated heterocycles. The van der Waals surface area contributed by atoms with Gasteiger partial charge in [-0.15, -0.1) is 0 Å². The van der Waals surface area contributed by atoms with Gasteiger partial charge in [0.05, 0.1) is 12.7 Å². The highest BCUT2D eigenvalue weighted by molar-refractivity contribution is 5.77. The molecule has 0 fully saturated rings. The van der Waals surface area contributed by atoms with Gasteiger partial charge in [-0.3, -0.25) is 4.79 Å². The molecule has 14 heavy (non-hydrogen) atoms. The van der Waals surface area contributed by atoms with E-state index in [2.05, 4.69) is 5.32 Å². The molecule has 4 heteroatoms. The smallest absolute Gasteiger partial charge is 0.246 e. The first-order valence-corrected chi connectivity index (χ1v) is 4.93. The summed E-state index contributed by atoms with van der Waals surface area (Å²) in [6.07, 6.45) is 0.0946. The number of nitrogens with one attached hydrogen (secondary N) is 1. The molecule has 0 saturated carbocycles. The SMILES string of the molecule is COCC(C)CNC(=O)COC(C)C. The molecule has 0 spiro atoms. The number of rotatable bonds is 7. The number of carbonyl (C=O) groups excluding carboxylic acids is 1.